The van der Waals surface area contributed by atoms with Gasteiger partial charge in [-0.3, -0.25) is 9.69 Å². The van der Waals surface area contributed by atoms with Crippen molar-refractivity contribution in [2.45, 2.75) is 19.8 Å². The SMILES string of the molecule is CC1CN(c2ccnc(Cl)n2)C(=O)C1(C#N)C1CC1. The zero-order valence-electron chi connectivity index (χ0n) is 10.5. The van der Waals surface area contributed by atoms with E-state index in [9.17, 15) is 10.1 Å². The number of hydrogen-bond donors (Lipinski definition) is 0. The fourth-order valence-corrected chi connectivity index (χ4v) is 3.12. The van der Waals surface area contributed by atoms with Crippen molar-refractivity contribution < 1.29 is 4.79 Å². The Bertz CT molecular complexity index is 580. The molecule has 1 aliphatic carbocycles. The summed E-state index contributed by atoms with van der Waals surface area (Å²) < 4.78 is 0. The lowest BCUT2D eigenvalue weighted by atomic mass is 9.75. The van der Waals surface area contributed by atoms with Gasteiger partial charge in [0.15, 0.2) is 0 Å². The highest BCUT2D eigenvalue weighted by atomic mass is 35.5. The third kappa shape index (κ3) is 1.71. The number of rotatable bonds is 2. The van der Waals surface area contributed by atoms with Gasteiger partial charge in [0.25, 0.3) is 0 Å². The van der Waals surface area contributed by atoms with E-state index in [1.165, 1.54) is 6.20 Å². The third-order valence-corrected chi connectivity index (χ3v) is 4.31. The van der Waals surface area contributed by atoms with Gasteiger partial charge in [-0.1, -0.05) is 6.92 Å². The van der Waals surface area contributed by atoms with Gasteiger partial charge >= 0.3 is 0 Å². The number of nitriles is 1. The van der Waals surface area contributed by atoms with Crippen LogP contribution >= 0.6 is 11.6 Å². The Balaban J connectivity index is 1.99. The standard InChI is InChI=1S/C13H13ClN4O/c1-8-6-18(10-4-5-16-12(14)17-10)11(19)13(8,7-15)9-2-3-9/h4-5,8-9H,2-3,6H2,1H3. The van der Waals surface area contributed by atoms with Gasteiger partial charge in [0, 0.05) is 18.7 Å². The molecule has 1 amide bonds. The molecule has 0 bridgehead atoms. The topological polar surface area (TPSA) is 69.9 Å². The van der Waals surface area contributed by atoms with Crippen LogP contribution in [-0.2, 0) is 4.79 Å². The number of carbonyl (C=O) groups is 1. The molecule has 0 aromatic carbocycles. The minimum atomic E-state index is -0.878. The summed E-state index contributed by atoms with van der Waals surface area (Å²) in [7, 11) is 0. The highest BCUT2D eigenvalue weighted by Crippen LogP contribution is 2.54. The van der Waals surface area contributed by atoms with Crippen LogP contribution in [0.25, 0.3) is 0 Å². The molecule has 6 heteroatoms. The Morgan fingerprint density at radius 2 is 2.32 bits per heavy atom. The van der Waals surface area contributed by atoms with Crippen LogP contribution in [-0.4, -0.2) is 22.4 Å². The number of carbonyl (C=O) groups excluding carboxylic acids is 1. The first kappa shape index (κ1) is 12.4. The molecule has 1 saturated heterocycles. The summed E-state index contributed by atoms with van der Waals surface area (Å²) in [6.45, 7) is 2.47. The van der Waals surface area contributed by atoms with Crippen molar-refractivity contribution in [3.05, 3.63) is 17.5 Å². The van der Waals surface area contributed by atoms with Crippen LogP contribution in [0, 0.1) is 28.6 Å². The number of nitrogens with zero attached hydrogens (tertiary/aromatic N) is 4. The molecular weight excluding hydrogens is 264 g/mol. The van der Waals surface area contributed by atoms with Crippen LogP contribution in [0.4, 0.5) is 5.82 Å². The van der Waals surface area contributed by atoms with Crippen molar-refractivity contribution in [1.82, 2.24) is 9.97 Å². The maximum Gasteiger partial charge on any atom is 0.249 e. The summed E-state index contributed by atoms with van der Waals surface area (Å²) in [5.41, 5.74) is -0.878. The van der Waals surface area contributed by atoms with Gasteiger partial charge in [-0.2, -0.15) is 5.26 Å². The van der Waals surface area contributed by atoms with E-state index in [4.69, 9.17) is 11.6 Å². The number of anilines is 1. The summed E-state index contributed by atoms with van der Waals surface area (Å²) in [6.07, 6.45) is 3.44. The molecule has 98 valence electrons. The smallest absolute Gasteiger partial charge is 0.249 e. The molecule has 0 radical (unpaired) electrons. The van der Waals surface area contributed by atoms with Crippen molar-refractivity contribution >= 4 is 23.3 Å². The molecule has 5 nitrogen and oxygen atoms in total. The van der Waals surface area contributed by atoms with Crippen LogP contribution < -0.4 is 4.90 Å². The maximum absolute atomic E-state index is 12.7. The lowest BCUT2D eigenvalue weighted by Gasteiger charge is -2.22. The van der Waals surface area contributed by atoms with Gasteiger partial charge in [-0.05, 0) is 36.4 Å². The molecule has 1 aromatic heterocycles. The van der Waals surface area contributed by atoms with Gasteiger partial charge in [0.2, 0.25) is 11.2 Å². The molecule has 3 rings (SSSR count). The Morgan fingerprint density at radius 3 is 2.89 bits per heavy atom. The fraction of sp³-hybridized carbons (Fsp3) is 0.538. The van der Waals surface area contributed by atoms with Crippen LogP contribution in [0.5, 0.6) is 0 Å². The van der Waals surface area contributed by atoms with Gasteiger partial charge in [0.1, 0.15) is 11.2 Å². The zero-order chi connectivity index (χ0) is 13.6. The quantitative estimate of drug-likeness (QED) is 0.775. The molecular formula is C13H13ClN4O. The third-order valence-electron chi connectivity index (χ3n) is 4.13. The minimum absolute atomic E-state index is 0.00578. The number of aromatic nitrogens is 2. The second kappa shape index (κ2) is 4.17. The number of halogens is 1. The summed E-state index contributed by atoms with van der Waals surface area (Å²) in [5, 5.41) is 9.64. The minimum Gasteiger partial charge on any atom is -0.295 e. The van der Waals surface area contributed by atoms with Crippen LogP contribution in [0.15, 0.2) is 12.3 Å². The fourth-order valence-electron chi connectivity index (χ4n) is 2.97. The van der Waals surface area contributed by atoms with E-state index < -0.39 is 5.41 Å². The molecule has 1 aliphatic heterocycles. The maximum atomic E-state index is 12.7. The van der Waals surface area contributed by atoms with Crippen LogP contribution in [0.2, 0.25) is 5.28 Å². The zero-order valence-corrected chi connectivity index (χ0v) is 11.3. The second-order valence-corrected chi connectivity index (χ2v) is 5.59. The highest BCUT2D eigenvalue weighted by Gasteiger charge is 2.61. The van der Waals surface area contributed by atoms with Crippen molar-refractivity contribution in [3.8, 4) is 6.07 Å². The Kier molecular flexibility index (Phi) is 2.72. The molecule has 2 unspecified atom stereocenters. The van der Waals surface area contributed by atoms with E-state index in [1.807, 2.05) is 6.92 Å². The first-order valence-corrected chi connectivity index (χ1v) is 6.69. The van der Waals surface area contributed by atoms with E-state index >= 15 is 0 Å². The van der Waals surface area contributed by atoms with Crippen LogP contribution in [0.3, 0.4) is 0 Å². The van der Waals surface area contributed by atoms with E-state index in [2.05, 4.69) is 16.0 Å². The molecule has 2 aliphatic rings. The van der Waals surface area contributed by atoms with Crippen LogP contribution in [0.1, 0.15) is 19.8 Å². The Morgan fingerprint density at radius 1 is 1.58 bits per heavy atom. The predicted molar refractivity (Wildman–Crippen MR) is 69.3 cm³/mol. The summed E-state index contributed by atoms with van der Waals surface area (Å²) >= 11 is 5.76. The summed E-state index contributed by atoms with van der Waals surface area (Å²) in [6, 6.07) is 3.94. The van der Waals surface area contributed by atoms with Gasteiger partial charge in [-0.25, -0.2) is 9.97 Å². The molecule has 2 atom stereocenters. The molecule has 2 heterocycles. The highest BCUT2D eigenvalue weighted by molar-refractivity contribution is 6.28. The summed E-state index contributed by atoms with van der Waals surface area (Å²) in [4.78, 5) is 22.1. The Hall–Kier alpha value is -1.67. The summed E-state index contributed by atoms with van der Waals surface area (Å²) in [5.74, 6) is 0.544. The van der Waals surface area contributed by atoms with Gasteiger partial charge in [-0.15, -0.1) is 0 Å². The number of hydrogen-bond acceptors (Lipinski definition) is 4. The average Bonchev–Trinajstić information content (AvgIpc) is 3.18. The first-order valence-electron chi connectivity index (χ1n) is 6.31. The lowest BCUT2D eigenvalue weighted by Crippen LogP contribution is -2.37. The van der Waals surface area contributed by atoms with E-state index in [0.29, 0.717) is 12.4 Å². The molecule has 1 saturated carbocycles. The normalized spacial score (nSPS) is 30.5. The Labute approximate surface area is 116 Å². The van der Waals surface area contributed by atoms with Gasteiger partial charge in [0.05, 0.1) is 6.07 Å². The molecule has 0 spiro atoms. The van der Waals surface area contributed by atoms with E-state index in [0.717, 1.165) is 12.8 Å². The van der Waals surface area contributed by atoms with Crippen molar-refractivity contribution in [1.29, 1.82) is 5.26 Å². The molecule has 2 fully saturated rings. The van der Waals surface area contributed by atoms with Gasteiger partial charge < -0.3 is 0 Å². The largest absolute Gasteiger partial charge is 0.295 e. The molecule has 0 N–H and O–H groups in total. The van der Waals surface area contributed by atoms with E-state index in [-0.39, 0.29) is 23.0 Å². The van der Waals surface area contributed by atoms with Crippen molar-refractivity contribution in [2.75, 3.05) is 11.4 Å². The first-order chi connectivity index (χ1) is 9.09. The lowest BCUT2D eigenvalue weighted by molar-refractivity contribution is -0.124. The predicted octanol–water partition coefficient (Wildman–Crippen LogP) is 2.03. The average molecular weight is 277 g/mol. The van der Waals surface area contributed by atoms with Crippen molar-refractivity contribution in [2.24, 2.45) is 17.3 Å². The number of amides is 1. The van der Waals surface area contributed by atoms with Crippen molar-refractivity contribution in [3.63, 3.8) is 0 Å². The second-order valence-electron chi connectivity index (χ2n) is 5.26. The molecule has 1 aromatic rings. The molecule has 19 heavy (non-hydrogen) atoms. The monoisotopic (exact) mass is 276 g/mol. The van der Waals surface area contributed by atoms with E-state index in [1.54, 1.807) is 11.0 Å².